The highest BCUT2D eigenvalue weighted by molar-refractivity contribution is 6.30. The van der Waals surface area contributed by atoms with Gasteiger partial charge in [0.15, 0.2) is 11.5 Å². The number of carbonyl (C=O) groups excluding carboxylic acids is 2. The Balaban J connectivity index is 1.60. The van der Waals surface area contributed by atoms with Gasteiger partial charge in [0.25, 0.3) is 0 Å². The lowest BCUT2D eigenvalue weighted by molar-refractivity contribution is -0.126. The smallest absolute Gasteiger partial charge is 0.245 e. The van der Waals surface area contributed by atoms with E-state index in [9.17, 15) is 9.59 Å². The molecular weight excluding hydrogens is 382 g/mol. The first-order chi connectivity index (χ1) is 13.5. The van der Waals surface area contributed by atoms with Crippen molar-refractivity contribution in [2.75, 3.05) is 25.7 Å². The molecule has 2 aromatic rings. The second-order valence-electron chi connectivity index (χ2n) is 6.23. The molecular formula is C20H20ClN3O4. The summed E-state index contributed by atoms with van der Waals surface area (Å²) in [7, 11) is 3.10. The molecule has 1 saturated heterocycles. The molecule has 1 fully saturated rings. The number of hydrogen-bond acceptors (Lipinski definition) is 5. The number of hydrazone groups is 1. The van der Waals surface area contributed by atoms with Crippen molar-refractivity contribution >= 4 is 35.3 Å². The molecule has 1 heterocycles. The Morgan fingerprint density at radius 1 is 1.18 bits per heavy atom. The van der Waals surface area contributed by atoms with Crippen molar-refractivity contribution in [3.8, 4) is 11.5 Å². The third-order valence-electron chi connectivity index (χ3n) is 4.43. The number of nitrogens with one attached hydrogen (secondary N) is 1. The van der Waals surface area contributed by atoms with Crippen LogP contribution in [-0.2, 0) is 9.59 Å². The lowest BCUT2D eigenvalue weighted by Gasteiger charge is -2.16. The summed E-state index contributed by atoms with van der Waals surface area (Å²) >= 11 is 5.88. The van der Waals surface area contributed by atoms with Gasteiger partial charge in [-0.05, 0) is 48.0 Å². The van der Waals surface area contributed by atoms with Crippen molar-refractivity contribution in [3.63, 3.8) is 0 Å². The van der Waals surface area contributed by atoms with Crippen molar-refractivity contribution in [1.82, 2.24) is 5.43 Å². The molecule has 1 N–H and O–H groups in total. The first-order valence-corrected chi connectivity index (χ1v) is 9.00. The van der Waals surface area contributed by atoms with Crippen LogP contribution in [0, 0.1) is 5.92 Å². The van der Waals surface area contributed by atoms with Gasteiger partial charge in [0.2, 0.25) is 11.8 Å². The molecule has 28 heavy (non-hydrogen) atoms. The zero-order chi connectivity index (χ0) is 20.1. The summed E-state index contributed by atoms with van der Waals surface area (Å²) in [6.45, 7) is 0.304. The average Bonchev–Trinajstić information content (AvgIpc) is 3.10. The highest BCUT2D eigenvalue weighted by Gasteiger charge is 2.35. The quantitative estimate of drug-likeness (QED) is 0.596. The monoisotopic (exact) mass is 401 g/mol. The maximum atomic E-state index is 12.4. The first kappa shape index (κ1) is 19.7. The Morgan fingerprint density at radius 3 is 2.57 bits per heavy atom. The van der Waals surface area contributed by atoms with Crippen molar-refractivity contribution < 1.29 is 19.1 Å². The Labute approximate surface area is 167 Å². The number of nitrogens with zero attached hydrogens (tertiary/aromatic N) is 2. The number of rotatable bonds is 6. The van der Waals surface area contributed by atoms with E-state index in [2.05, 4.69) is 10.5 Å². The van der Waals surface area contributed by atoms with E-state index >= 15 is 0 Å². The van der Waals surface area contributed by atoms with Crippen LogP contribution in [0.1, 0.15) is 12.0 Å². The number of amides is 2. The average molecular weight is 402 g/mol. The minimum absolute atomic E-state index is 0.105. The number of benzene rings is 2. The summed E-state index contributed by atoms with van der Waals surface area (Å²) in [4.78, 5) is 26.2. The van der Waals surface area contributed by atoms with Gasteiger partial charge in [0.05, 0.1) is 26.4 Å². The molecule has 3 rings (SSSR count). The van der Waals surface area contributed by atoms with Gasteiger partial charge < -0.3 is 14.4 Å². The molecule has 0 unspecified atom stereocenters. The molecule has 0 aromatic heterocycles. The molecule has 7 nitrogen and oxygen atoms in total. The molecule has 0 radical (unpaired) electrons. The Morgan fingerprint density at radius 2 is 1.89 bits per heavy atom. The van der Waals surface area contributed by atoms with Gasteiger partial charge in [0, 0.05) is 23.7 Å². The van der Waals surface area contributed by atoms with Crippen LogP contribution in [0.25, 0.3) is 0 Å². The third-order valence-corrected chi connectivity index (χ3v) is 4.68. The molecule has 1 aliphatic rings. The molecule has 0 spiro atoms. The molecule has 8 heteroatoms. The Hall–Kier alpha value is -3.06. The van der Waals surface area contributed by atoms with Crippen LogP contribution in [0.15, 0.2) is 47.6 Å². The Kier molecular flexibility index (Phi) is 6.16. The fourth-order valence-electron chi connectivity index (χ4n) is 2.95. The molecule has 0 aliphatic carbocycles. The van der Waals surface area contributed by atoms with Crippen LogP contribution in [0.3, 0.4) is 0 Å². The summed E-state index contributed by atoms with van der Waals surface area (Å²) in [5.41, 5.74) is 3.96. The maximum Gasteiger partial charge on any atom is 0.245 e. The molecule has 1 atom stereocenters. The normalized spacial score (nSPS) is 16.5. The van der Waals surface area contributed by atoms with Crippen molar-refractivity contribution in [2.45, 2.75) is 6.42 Å². The van der Waals surface area contributed by atoms with Gasteiger partial charge in [-0.25, -0.2) is 5.43 Å². The minimum atomic E-state index is -0.467. The first-order valence-electron chi connectivity index (χ1n) is 8.62. The molecule has 0 bridgehead atoms. The van der Waals surface area contributed by atoms with Crippen LogP contribution in [-0.4, -0.2) is 38.8 Å². The van der Waals surface area contributed by atoms with Crippen LogP contribution in [0.2, 0.25) is 5.02 Å². The van der Waals surface area contributed by atoms with Crippen LogP contribution < -0.4 is 19.8 Å². The summed E-state index contributed by atoms with van der Waals surface area (Å²) in [5.74, 6) is 0.298. The predicted octanol–water partition coefficient (Wildman–Crippen LogP) is 2.86. The van der Waals surface area contributed by atoms with Crippen LogP contribution in [0.4, 0.5) is 5.69 Å². The molecule has 1 aliphatic heterocycles. The van der Waals surface area contributed by atoms with E-state index in [1.807, 2.05) is 0 Å². The Bertz CT molecular complexity index is 899. The SMILES string of the molecule is COc1ccc(/C=N\NC(=O)[C@H]2CC(=O)N(c3ccc(Cl)cc3)C2)cc1OC. The lowest BCUT2D eigenvalue weighted by Crippen LogP contribution is -2.30. The number of halogens is 1. The highest BCUT2D eigenvalue weighted by Crippen LogP contribution is 2.27. The number of anilines is 1. The van der Waals surface area contributed by atoms with E-state index in [4.69, 9.17) is 21.1 Å². The van der Waals surface area contributed by atoms with Crippen molar-refractivity contribution in [3.05, 3.63) is 53.1 Å². The lowest BCUT2D eigenvalue weighted by atomic mass is 10.1. The molecule has 0 saturated carbocycles. The van der Waals surface area contributed by atoms with E-state index in [0.29, 0.717) is 23.1 Å². The van der Waals surface area contributed by atoms with Crippen molar-refractivity contribution in [2.24, 2.45) is 11.0 Å². The van der Waals surface area contributed by atoms with Gasteiger partial charge in [-0.2, -0.15) is 5.10 Å². The van der Waals surface area contributed by atoms with Gasteiger partial charge >= 0.3 is 0 Å². The summed E-state index contributed by atoms with van der Waals surface area (Å²) < 4.78 is 10.4. The summed E-state index contributed by atoms with van der Waals surface area (Å²) in [6.07, 6.45) is 1.65. The van der Waals surface area contributed by atoms with Crippen LogP contribution >= 0.6 is 11.6 Å². The maximum absolute atomic E-state index is 12.4. The number of carbonyl (C=O) groups is 2. The van der Waals surface area contributed by atoms with E-state index in [0.717, 1.165) is 11.3 Å². The predicted molar refractivity (Wildman–Crippen MR) is 107 cm³/mol. The third kappa shape index (κ3) is 4.43. The van der Waals surface area contributed by atoms with Gasteiger partial charge in [-0.1, -0.05) is 11.6 Å². The van der Waals surface area contributed by atoms with Crippen molar-refractivity contribution in [1.29, 1.82) is 0 Å². The van der Waals surface area contributed by atoms with E-state index in [1.54, 1.807) is 61.6 Å². The number of ether oxygens (including phenoxy) is 2. The van der Waals surface area contributed by atoms with Gasteiger partial charge in [0.1, 0.15) is 0 Å². The number of hydrogen-bond donors (Lipinski definition) is 1. The van der Waals surface area contributed by atoms with E-state index < -0.39 is 5.92 Å². The standard InChI is InChI=1S/C20H20ClN3O4/c1-27-17-8-3-13(9-18(17)28-2)11-22-23-20(26)14-10-19(25)24(12-14)16-6-4-15(21)5-7-16/h3-9,11,14H,10,12H2,1-2H3,(H,23,26)/b22-11-/t14-/m0/s1. The highest BCUT2D eigenvalue weighted by atomic mass is 35.5. The van der Waals surface area contributed by atoms with Gasteiger partial charge in [-0.15, -0.1) is 0 Å². The van der Waals surface area contributed by atoms with Crippen LogP contribution in [0.5, 0.6) is 11.5 Å². The summed E-state index contributed by atoms with van der Waals surface area (Å²) in [6, 6.07) is 12.2. The van der Waals surface area contributed by atoms with Gasteiger partial charge in [-0.3, -0.25) is 9.59 Å². The topological polar surface area (TPSA) is 80.2 Å². The second-order valence-corrected chi connectivity index (χ2v) is 6.67. The molecule has 2 aromatic carbocycles. The fourth-order valence-corrected chi connectivity index (χ4v) is 3.07. The fraction of sp³-hybridized carbons (Fsp3) is 0.250. The zero-order valence-electron chi connectivity index (χ0n) is 15.5. The van der Waals surface area contributed by atoms with E-state index in [-0.39, 0.29) is 18.2 Å². The number of methoxy groups -OCH3 is 2. The molecule has 146 valence electrons. The minimum Gasteiger partial charge on any atom is -0.493 e. The zero-order valence-corrected chi connectivity index (χ0v) is 16.3. The summed E-state index contributed by atoms with van der Waals surface area (Å²) in [5, 5.41) is 4.58. The molecule has 2 amide bonds. The van der Waals surface area contributed by atoms with E-state index in [1.165, 1.54) is 6.21 Å². The largest absolute Gasteiger partial charge is 0.493 e. The second kappa shape index (κ2) is 8.75.